The molecule has 160 valence electrons. The molecule has 2 aliphatic rings. The lowest BCUT2D eigenvalue weighted by atomic mass is 10.0. The molecule has 30 heavy (non-hydrogen) atoms. The molecule has 3 heterocycles. The van der Waals surface area contributed by atoms with Crippen molar-refractivity contribution in [2.45, 2.75) is 13.0 Å². The van der Waals surface area contributed by atoms with Gasteiger partial charge in [-0.1, -0.05) is 6.08 Å². The Hall–Kier alpha value is -2.91. The Labute approximate surface area is 173 Å². The molecule has 0 saturated carbocycles. The summed E-state index contributed by atoms with van der Waals surface area (Å²) in [7, 11) is 2.03. The number of aromatic nitrogens is 1. The summed E-state index contributed by atoms with van der Waals surface area (Å²) >= 11 is 0. The fourth-order valence-electron chi connectivity index (χ4n) is 3.92. The summed E-state index contributed by atoms with van der Waals surface area (Å²) in [5, 5.41) is 0.114. The van der Waals surface area contributed by atoms with Gasteiger partial charge in [0.2, 0.25) is 5.43 Å². The molecule has 1 atom stereocenters. The zero-order valence-corrected chi connectivity index (χ0v) is 17.1. The minimum absolute atomic E-state index is 0.102. The van der Waals surface area contributed by atoms with Crippen molar-refractivity contribution in [2.75, 3.05) is 51.3 Å². The highest BCUT2D eigenvalue weighted by atomic mass is 19.1. The van der Waals surface area contributed by atoms with Gasteiger partial charge in [0.25, 0.3) is 5.91 Å². The number of piperazine rings is 1. The second-order valence-corrected chi connectivity index (χ2v) is 7.69. The highest BCUT2D eigenvalue weighted by molar-refractivity contribution is 5.99. The number of benzene rings is 1. The molecule has 9 heteroatoms. The van der Waals surface area contributed by atoms with Crippen LogP contribution in [0.2, 0.25) is 0 Å². The smallest absolute Gasteiger partial charge is 0.280 e. The van der Waals surface area contributed by atoms with Crippen LogP contribution in [0.4, 0.5) is 10.1 Å². The number of hydrogen-bond donors (Lipinski definition) is 1. The van der Waals surface area contributed by atoms with Crippen LogP contribution in [-0.4, -0.2) is 61.8 Å². The van der Waals surface area contributed by atoms with Gasteiger partial charge >= 0.3 is 0 Å². The summed E-state index contributed by atoms with van der Waals surface area (Å²) < 4.78 is 23.0. The first-order valence-corrected chi connectivity index (χ1v) is 9.93. The predicted molar refractivity (Wildman–Crippen MR) is 112 cm³/mol. The zero-order chi connectivity index (χ0) is 21.4. The molecule has 1 unspecified atom stereocenters. The van der Waals surface area contributed by atoms with Crippen LogP contribution < -0.4 is 20.5 Å². The van der Waals surface area contributed by atoms with E-state index in [0.29, 0.717) is 36.6 Å². The second-order valence-electron chi connectivity index (χ2n) is 7.69. The van der Waals surface area contributed by atoms with Crippen molar-refractivity contribution in [3.63, 3.8) is 0 Å². The number of hydrogen-bond acceptors (Lipinski definition) is 6. The number of pyridine rings is 1. The number of nitrogens with one attached hydrogen (secondary N) is 1. The number of hydroxylamine groups is 1. The van der Waals surface area contributed by atoms with Crippen molar-refractivity contribution in [3.05, 3.63) is 46.5 Å². The highest BCUT2D eigenvalue weighted by Gasteiger charge is 2.31. The Morgan fingerprint density at radius 3 is 2.83 bits per heavy atom. The number of nitrogens with zero attached hydrogens (tertiary/aromatic N) is 3. The SMILES string of the molecule is C=CCONC(=O)c1cn2c3c(c(N4CCN(C)CC4)c(F)cc3c1=O)OCC2C. The molecule has 2 aromatic rings. The molecule has 1 aromatic heterocycles. The van der Waals surface area contributed by atoms with Crippen molar-refractivity contribution in [1.29, 1.82) is 0 Å². The van der Waals surface area contributed by atoms with E-state index < -0.39 is 17.2 Å². The third-order valence-corrected chi connectivity index (χ3v) is 5.57. The maximum absolute atomic E-state index is 15.2. The van der Waals surface area contributed by atoms with Crippen molar-refractivity contribution in [3.8, 4) is 5.75 Å². The summed E-state index contributed by atoms with van der Waals surface area (Å²) in [6.45, 7) is 8.77. The quantitative estimate of drug-likeness (QED) is 0.454. The van der Waals surface area contributed by atoms with E-state index >= 15 is 4.39 Å². The lowest BCUT2D eigenvalue weighted by Crippen LogP contribution is -2.45. The Kier molecular flexibility index (Phi) is 5.48. The van der Waals surface area contributed by atoms with E-state index in [9.17, 15) is 9.59 Å². The van der Waals surface area contributed by atoms with Crippen LogP contribution in [0.3, 0.4) is 0 Å². The molecule has 1 saturated heterocycles. The van der Waals surface area contributed by atoms with Crippen LogP contribution in [-0.2, 0) is 4.84 Å². The molecular weight excluding hydrogens is 391 g/mol. The number of amides is 1. The molecule has 2 aliphatic heterocycles. The third-order valence-electron chi connectivity index (χ3n) is 5.57. The first-order chi connectivity index (χ1) is 14.4. The topological polar surface area (TPSA) is 76.0 Å². The first kappa shape index (κ1) is 20.4. The van der Waals surface area contributed by atoms with Gasteiger partial charge in [0.15, 0.2) is 11.6 Å². The summed E-state index contributed by atoms with van der Waals surface area (Å²) in [4.78, 5) is 34.6. The van der Waals surface area contributed by atoms with Gasteiger partial charge in [0.1, 0.15) is 17.9 Å². The second kappa shape index (κ2) is 8.08. The Morgan fingerprint density at radius 2 is 2.13 bits per heavy atom. The Bertz CT molecular complexity index is 1060. The van der Waals surface area contributed by atoms with Crippen LogP contribution in [0.25, 0.3) is 10.9 Å². The summed E-state index contributed by atoms with van der Waals surface area (Å²) in [6.07, 6.45) is 2.97. The monoisotopic (exact) mass is 416 g/mol. The first-order valence-electron chi connectivity index (χ1n) is 9.93. The molecule has 1 fully saturated rings. The fraction of sp³-hybridized carbons (Fsp3) is 0.429. The fourth-order valence-corrected chi connectivity index (χ4v) is 3.92. The number of likely N-dealkylation sites (N-methyl/N-ethyl adjacent to an activating group) is 1. The van der Waals surface area contributed by atoms with Gasteiger partial charge in [-0.05, 0) is 20.0 Å². The third kappa shape index (κ3) is 3.44. The average molecular weight is 416 g/mol. The molecule has 1 aromatic carbocycles. The molecule has 4 rings (SSSR count). The average Bonchev–Trinajstić information content (AvgIpc) is 2.73. The van der Waals surface area contributed by atoms with Gasteiger partial charge in [0, 0.05) is 32.4 Å². The zero-order valence-electron chi connectivity index (χ0n) is 17.1. The highest BCUT2D eigenvalue weighted by Crippen LogP contribution is 2.42. The van der Waals surface area contributed by atoms with Crippen LogP contribution in [0.1, 0.15) is 23.3 Å². The van der Waals surface area contributed by atoms with E-state index in [1.807, 2.05) is 23.4 Å². The van der Waals surface area contributed by atoms with Crippen molar-refractivity contribution >= 4 is 22.5 Å². The predicted octanol–water partition coefficient (Wildman–Crippen LogP) is 1.69. The molecule has 0 radical (unpaired) electrons. The summed E-state index contributed by atoms with van der Waals surface area (Å²) in [6, 6.07) is 1.08. The van der Waals surface area contributed by atoms with Crippen LogP contribution in [0.15, 0.2) is 29.7 Å². The molecular formula is C21H25FN4O4. The molecule has 1 N–H and O–H groups in total. The van der Waals surface area contributed by atoms with E-state index in [0.717, 1.165) is 13.1 Å². The molecule has 0 spiro atoms. The number of carbonyl (C=O) groups excluding carboxylic acids is 1. The minimum Gasteiger partial charge on any atom is -0.487 e. The van der Waals surface area contributed by atoms with Gasteiger partial charge in [-0.2, -0.15) is 0 Å². The lowest BCUT2D eigenvalue weighted by Gasteiger charge is -2.37. The van der Waals surface area contributed by atoms with Crippen LogP contribution in [0, 0.1) is 5.82 Å². The number of halogens is 1. The van der Waals surface area contributed by atoms with Gasteiger partial charge in [0.05, 0.1) is 23.6 Å². The standard InChI is InChI=1S/C21H25FN4O4/c1-4-9-30-23-21(28)15-11-26-13(2)12-29-20-17(26)14(19(15)27)10-16(22)18(20)25-7-5-24(3)6-8-25/h4,10-11,13H,1,5-9,12H2,2-3H3,(H,23,28). The van der Waals surface area contributed by atoms with Crippen molar-refractivity contribution < 1.29 is 18.8 Å². The number of carbonyl (C=O) groups is 1. The number of rotatable bonds is 5. The Balaban J connectivity index is 1.86. The number of ether oxygens (including phenoxy) is 1. The van der Waals surface area contributed by atoms with E-state index in [1.165, 1.54) is 18.3 Å². The van der Waals surface area contributed by atoms with Crippen LogP contribution >= 0.6 is 0 Å². The van der Waals surface area contributed by atoms with Gasteiger partial charge in [-0.3, -0.25) is 14.4 Å². The maximum atomic E-state index is 15.2. The van der Waals surface area contributed by atoms with E-state index in [1.54, 1.807) is 0 Å². The molecule has 1 amide bonds. The van der Waals surface area contributed by atoms with Crippen molar-refractivity contribution in [1.82, 2.24) is 14.9 Å². The largest absolute Gasteiger partial charge is 0.487 e. The Morgan fingerprint density at radius 1 is 1.40 bits per heavy atom. The van der Waals surface area contributed by atoms with E-state index in [-0.39, 0.29) is 23.6 Å². The summed E-state index contributed by atoms with van der Waals surface area (Å²) in [5.41, 5.74) is 2.43. The van der Waals surface area contributed by atoms with Gasteiger partial charge < -0.3 is 19.1 Å². The van der Waals surface area contributed by atoms with E-state index in [4.69, 9.17) is 9.57 Å². The van der Waals surface area contributed by atoms with Crippen molar-refractivity contribution in [2.24, 2.45) is 0 Å². The lowest BCUT2D eigenvalue weighted by molar-refractivity contribution is 0.0420. The molecule has 8 nitrogen and oxygen atoms in total. The van der Waals surface area contributed by atoms with E-state index in [2.05, 4.69) is 17.0 Å². The maximum Gasteiger partial charge on any atom is 0.280 e. The van der Waals surface area contributed by atoms with Crippen LogP contribution in [0.5, 0.6) is 5.75 Å². The molecule has 0 bridgehead atoms. The van der Waals surface area contributed by atoms with Gasteiger partial charge in [-0.15, -0.1) is 6.58 Å². The molecule has 0 aliphatic carbocycles. The minimum atomic E-state index is -0.684. The number of anilines is 1. The normalized spacial score (nSPS) is 18.9. The summed E-state index contributed by atoms with van der Waals surface area (Å²) in [5.74, 6) is -0.850. The van der Waals surface area contributed by atoms with Gasteiger partial charge in [-0.25, -0.2) is 9.87 Å².